The molecule has 1 aliphatic rings. The molecule has 0 radical (unpaired) electrons. The smallest absolute Gasteiger partial charge is 0.306 e. The zero-order valence-electron chi connectivity index (χ0n) is 40.4. The Balaban J connectivity index is 2.22. The lowest BCUT2D eigenvalue weighted by Gasteiger charge is -2.39. The average Bonchev–Trinajstić information content (AvgIpc) is 3.27. The van der Waals surface area contributed by atoms with Crippen LogP contribution in [0, 0.1) is 0 Å². The summed E-state index contributed by atoms with van der Waals surface area (Å²) in [6.07, 6.45) is 39.7. The molecule has 0 aliphatic carbocycles. The van der Waals surface area contributed by atoms with Crippen LogP contribution >= 0.6 is 0 Å². The first kappa shape index (κ1) is 58.7. The van der Waals surface area contributed by atoms with Gasteiger partial charge in [0.05, 0.1) is 13.2 Å². The van der Waals surface area contributed by atoms with E-state index in [0.29, 0.717) is 6.42 Å². The molecule has 4 N–H and O–H groups in total. The minimum Gasteiger partial charge on any atom is -0.462 e. The second-order valence-corrected chi connectivity index (χ2v) is 18.7. The van der Waals surface area contributed by atoms with E-state index in [0.717, 1.165) is 32.1 Å². The van der Waals surface area contributed by atoms with Crippen molar-refractivity contribution in [3.8, 4) is 0 Å². The molecule has 2 unspecified atom stereocenters. The zero-order chi connectivity index (χ0) is 45.1. The molecule has 0 aromatic heterocycles. The third kappa shape index (κ3) is 34.1. The van der Waals surface area contributed by atoms with E-state index < -0.39 is 49.4 Å². The summed E-state index contributed by atoms with van der Waals surface area (Å²) in [7, 11) is 0. The molecule has 1 aliphatic heterocycles. The number of esters is 2. The Bertz CT molecular complexity index is 979. The largest absolute Gasteiger partial charge is 0.462 e. The lowest BCUT2D eigenvalue weighted by atomic mass is 9.99. The number of rotatable bonds is 46. The van der Waals surface area contributed by atoms with Gasteiger partial charge in [-0.3, -0.25) is 9.59 Å². The average molecular weight is 885 g/mol. The van der Waals surface area contributed by atoms with E-state index in [1.165, 1.54) is 199 Å². The van der Waals surface area contributed by atoms with Crippen LogP contribution in [0.2, 0.25) is 0 Å². The highest BCUT2D eigenvalue weighted by molar-refractivity contribution is 5.70. The lowest BCUT2D eigenvalue weighted by Crippen LogP contribution is -2.59. The summed E-state index contributed by atoms with van der Waals surface area (Å²) >= 11 is 0. The second kappa shape index (κ2) is 43.6. The molecule has 1 rings (SSSR count). The molecular weight excluding hydrogens is 785 g/mol. The van der Waals surface area contributed by atoms with Gasteiger partial charge in [0.25, 0.3) is 0 Å². The van der Waals surface area contributed by atoms with E-state index in [1.807, 2.05) is 0 Å². The number of aliphatic hydroxyl groups excluding tert-OH is 4. The molecule has 1 heterocycles. The van der Waals surface area contributed by atoms with Crippen LogP contribution in [0.5, 0.6) is 0 Å². The quantitative estimate of drug-likeness (QED) is 0.0343. The van der Waals surface area contributed by atoms with E-state index in [9.17, 15) is 30.0 Å². The van der Waals surface area contributed by atoms with Crippen LogP contribution in [-0.4, -0.2) is 89.0 Å². The van der Waals surface area contributed by atoms with Crippen molar-refractivity contribution >= 4 is 11.9 Å². The van der Waals surface area contributed by atoms with Crippen molar-refractivity contribution in [1.82, 2.24) is 0 Å². The first-order chi connectivity index (χ1) is 30.3. The van der Waals surface area contributed by atoms with Crippen molar-refractivity contribution in [3.05, 3.63) is 0 Å². The molecule has 62 heavy (non-hydrogen) atoms. The van der Waals surface area contributed by atoms with E-state index >= 15 is 0 Å². The van der Waals surface area contributed by atoms with Gasteiger partial charge in [-0.2, -0.15) is 0 Å². The summed E-state index contributed by atoms with van der Waals surface area (Å²) in [6.45, 7) is 3.49. The van der Waals surface area contributed by atoms with Gasteiger partial charge in [-0.25, -0.2) is 0 Å². The number of unbranched alkanes of at least 4 members (excludes halogenated alkanes) is 35. The molecule has 0 aromatic carbocycles. The molecule has 10 nitrogen and oxygen atoms in total. The van der Waals surface area contributed by atoms with Gasteiger partial charge >= 0.3 is 11.9 Å². The normalized spacial score (nSPS) is 19.5. The van der Waals surface area contributed by atoms with Crippen molar-refractivity contribution in [2.45, 2.75) is 301 Å². The van der Waals surface area contributed by atoms with Crippen LogP contribution in [0.3, 0.4) is 0 Å². The number of carbonyl (C=O) groups is 2. The summed E-state index contributed by atoms with van der Waals surface area (Å²) in [5, 5.41) is 40.2. The Morgan fingerprint density at radius 2 is 0.758 bits per heavy atom. The van der Waals surface area contributed by atoms with Crippen molar-refractivity contribution in [3.63, 3.8) is 0 Å². The van der Waals surface area contributed by atoms with Crippen molar-refractivity contribution in [2.24, 2.45) is 0 Å². The minimum atomic E-state index is -1.59. The van der Waals surface area contributed by atoms with Gasteiger partial charge in [-0.15, -0.1) is 0 Å². The van der Waals surface area contributed by atoms with Crippen LogP contribution in [-0.2, 0) is 28.5 Å². The van der Waals surface area contributed by atoms with Crippen molar-refractivity contribution in [2.75, 3.05) is 19.8 Å². The first-order valence-electron chi connectivity index (χ1n) is 26.6. The van der Waals surface area contributed by atoms with Gasteiger partial charge in [0.15, 0.2) is 12.4 Å². The first-order valence-corrected chi connectivity index (χ1v) is 26.6. The molecule has 0 saturated carbocycles. The van der Waals surface area contributed by atoms with Gasteiger partial charge in [0, 0.05) is 12.8 Å². The van der Waals surface area contributed by atoms with Crippen LogP contribution in [0.25, 0.3) is 0 Å². The third-order valence-electron chi connectivity index (χ3n) is 12.7. The molecule has 6 atom stereocenters. The fourth-order valence-corrected chi connectivity index (χ4v) is 8.55. The van der Waals surface area contributed by atoms with Crippen LogP contribution < -0.4 is 0 Å². The van der Waals surface area contributed by atoms with Crippen molar-refractivity contribution in [1.29, 1.82) is 0 Å². The van der Waals surface area contributed by atoms with E-state index in [4.69, 9.17) is 18.9 Å². The Kier molecular flexibility index (Phi) is 41.3. The Labute approximate surface area is 380 Å². The highest BCUT2D eigenvalue weighted by Gasteiger charge is 2.44. The maximum absolute atomic E-state index is 12.8. The molecule has 368 valence electrons. The standard InChI is InChI=1S/C52H100O10/c1-3-5-7-9-11-13-15-17-19-21-22-23-25-27-29-31-33-35-37-39-41-48(55)61-45(44-60-52-51(58)50(57)49(56)46(42-53)62-52)43-59-47(54)40-38-36-34-32-30-28-26-24-20-18-16-14-12-10-8-6-4-2/h45-46,49-53,56-58H,3-44H2,1-2H3/t45-,46-,49+,50?,51?,52-/m1/s1. The number of hydrogen-bond acceptors (Lipinski definition) is 10. The predicted octanol–water partition coefficient (Wildman–Crippen LogP) is 12.5. The molecule has 0 spiro atoms. The molecule has 1 saturated heterocycles. The predicted molar refractivity (Wildman–Crippen MR) is 252 cm³/mol. The topological polar surface area (TPSA) is 152 Å². The summed E-state index contributed by atoms with van der Waals surface area (Å²) in [5.74, 6) is -0.784. The third-order valence-corrected chi connectivity index (χ3v) is 12.7. The fourth-order valence-electron chi connectivity index (χ4n) is 8.55. The van der Waals surface area contributed by atoms with Crippen LogP contribution in [0.4, 0.5) is 0 Å². The van der Waals surface area contributed by atoms with E-state index in [1.54, 1.807) is 0 Å². The number of aliphatic hydroxyl groups is 4. The van der Waals surface area contributed by atoms with Crippen molar-refractivity contribution < 1.29 is 49.0 Å². The Hall–Kier alpha value is -1.30. The number of ether oxygens (including phenoxy) is 4. The van der Waals surface area contributed by atoms with E-state index in [-0.39, 0.29) is 32.0 Å². The second-order valence-electron chi connectivity index (χ2n) is 18.7. The zero-order valence-corrected chi connectivity index (χ0v) is 40.4. The van der Waals surface area contributed by atoms with Crippen LogP contribution in [0.15, 0.2) is 0 Å². The van der Waals surface area contributed by atoms with E-state index in [2.05, 4.69) is 13.8 Å². The lowest BCUT2D eigenvalue weighted by molar-refractivity contribution is -0.305. The monoisotopic (exact) mass is 885 g/mol. The molecule has 0 amide bonds. The van der Waals surface area contributed by atoms with Gasteiger partial charge in [-0.1, -0.05) is 239 Å². The Morgan fingerprint density at radius 3 is 1.10 bits per heavy atom. The van der Waals surface area contributed by atoms with Gasteiger partial charge in [-0.05, 0) is 12.8 Å². The highest BCUT2D eigenvalue weighted by Crippen LogP contribution is 2.23. The molecule has 1 fully saturated rings. The van der Waals surface area contributed by atoms with Crippen LogP contribution in [0.1, 0.15) is 264 Å². The summed E-state index contributed by atoms with van der Waals surface area (Å²) in [6, 6.07) is 0. The summed E-state index contributed by atoms with van der Waals surface area (Å²) in [4.78, 5) is 25.5. The Morgan fingerprint density at radius 1 is 0.435 bits per heavy atom. The van der Waals surface area contributed by atoms with Gasteiger partial charge in [0.1, 0.15) is 31.0 Å². The number of carbonyl (C=O) groups excluding carboxylic acids is 2. The SMILES string of the molecule is CCCCCCCCCCCCCCCCCCCCCCC(=O)O[C@H](COC(=O)CCCCCCCCCCCCCCCCCCC)CO[C@@H]1O[C@H](CO)[C@H](O)C(O)C1O. The summed E-state index contributed by atoms with van der Waals surface area (Å²) in [5.41, 5.74) is 0. The molecular formula is C52H100O10. The molecule has 0 aromatic rings. The number of hydrogen-bond donors (Lipinski definition) is 4. The summed E-state index contributed by atoms with van der Waals surface area (Å²) < 4.78 is 22.3. The van der Waals surface area contributed by atoms with Gasteiger partial charge in [0.2, 0.25) is 0 Å². The van der Waals surface area contributed by atoms with Gasteiger partial charge < -0.3 is 39.4 Å². The maximum Gasteiger partial charge on any atom is 0.306 e. The highest BCUT2D eigenvalue weighted by atomic mass is 16.7. The maximum atomic E-state index is 12.8. The molecule has 10 heteroatoms. The fraction of sp³-hybridized carbons (Fsp3) is 0.962. The minimum absolute atomic E-state index is 0.208. The molecule has 0 bridgehead atoms.